The molecule has 2 rings (SSSR count). The first-order valence-electron chi connectivity index (χ1n) is 5.78. The fourth-order valence-electron chi connectivity index (χ4n) is 2.17. The lowest BCUT2D eigenvalue weighted by molar-refractivity contribution is -0.133. The van der Waals surface area contributed by atoms with Crippen LogP contribution in [-0.2, 0) is 9.53 Å². The van der Waals surface area contributed by atoms with Crippen molar-refractivity contribution >= 4 is 5.91 Å². The zero-order valence-corrected chi connectivity index (χ0v) is 9.53. The van der Waals surface area contributed by atoms with Crippen LogP contribution in [0.4, 0.5) is 0 Å². The number of ether oxygens (including phenoxy) is 1. The van der Waals surface area contributed by atoms with Gasteiger partial charge in [-0.05, 0) is 25.8 Å². The van der Waals surface area contributed by atoms with Gasteiger partial charge in [0.15, 0.2) is 0 Å². The maximum absolute atomic E-state index is 12.1. The van der Waals surface area contributed by atoms with Crippen LogP contribution < -0.4 is 5.32 Å². The fraction of sp³-hybridized carbons (Fsp3) is 0.909. The van der Waals surface area contributed by atoms with Crippen LogP contribution in [-0.4, -0.2) is 49.7 Å². The normalized spacial score (nSPS) is 36.5. The smallest absolute Gasteiger partial charge is 0.239 e. The summed E-state index contributed by atoms with van der Waals surface area (Å²) in [5.41, 5.74) is 0. The molecule has 3 atom stereocenters. The fourth-order valence-corrected chi connectivity index (χ4v) is 2.17. The van der Waals surface area contributed by atoms with Gasteiger partial charge in [-0.3, -0.25) is 4.79 Å². The minimum absolute atomic E-state index is 0.00116. The average Bonchev–Trinajstić information content (AvgIpc) is 3.03. The van der Waals surface area contributed by atoms with Gasteiger partial charge in [0.05, 0.1) is 18.8 Å². The number of likely N-dealkylation sites (tertiary alicyclic amines) is 1. The van der Waals surface area contributed by atoms with Crippen molar-refractivity contribution in [1.29, 1.82) is 0 Å². The molecule has 4 nitrogen and oxygen atoms in total. The quantitative estimate of drug-likeness (QED) is 0.681. The van der Waals surface area contributed by atoms with Crippen molar-refractivity contribution in [2.24, 2.45) is 5.92 Å². The summed E-state index contributed by atoms with van der Waals surface area (Å²) in [5.74, 6) is 0.869. The van der Waals surface area contributed by atoms with Crippen LogP contribution in [0, 0.1) is 5.92 Å². The number of carbonyl (C=O) groups excluding carboxylic acids is 1. The molecule has 2 aliphatic heterocycles. The first-order chi connectivity index (χ1) is 7.20. The van der Waals surface area contributed by atoms with E-state index in [0.717, 1.165) is 32.5 Å². The van der Waals surface area contributed by atoms with Gasteiger partial charge in [0.2, 0.25) is 5.91 Å². The summed E-state index contributed by atoms with van der Waals surface area (Å²) in [5, 5.41) is 3.12. The molecule has 3 unspecified atom stereocenters. The van der Waals surface area contributed by atoms with Crippen molar-refractivity contribution in [2.45, 2.75) is 31.9 Å². The number of hydrogen-bond donors (Lipinski definition) is 1. The summed E-state index contributed by atoms with van der Waals surface area (Å²) < 4.78 is 5.18. The maximum Gasteiger partial charge on any atom is 0.239 e. The summed E-state index contributed by atoms with van der Waals surface area (Å²) in [7, 11) is 1.87. The summed E-state index contributed by atoms with van der Waals surface area (Å²) in [6, 6.07) is 0.00116. The molecule has 1 N–H and O–H groups in total. The monoisotopic (exact) mass is 212 g/mol. The zero-order chi connectivity index (χ0) is 10.8. The van der Waals surface area contributed by atoms with E-state index in [1.165, 1.54) is 0 Å². The molecule has 0 bridgehead atoms. The van der Waals surface area contributed by atoms with E-state index >= 15 is 0 Å². The zero-order valence-electron chi connectivity index (χ0n) is 9.53. The highest BCUT2D eigenvalue weighted by Crippen LogP contribution is 2.20. The molecule has 0 aromatic heterocycles. The van der Waals surface area contributed by atoms with Gasteiger partial charge in [0, 0.05) is 13.1 Å². The molecule has 2 aliphatic rings. The second kappa shape index (κ2) is 4.49. The Morgan fingerprint density at radius 2 is 2.33 bits per heavy atom. The van der Waals surface area contributed by atoms with E-state index in [9.17, 15) is 4.79 Å². The second-order valence-corrected chi connectivity index (χ2v) is 4.71. The van der Waals surface area contributed by atoms with Gasteiger partial charge in [-0.1, -0.05) is 6.92 Å². The number of likely N-dealkylation sites (N-methyl/N-ethyl adjacent to an activating group) is 1. The summed E-state index contributed by atoms with van der Waals surface area (Å²) in [6.07, 6.45) is 2.37. The van der Waals surface area contributed by atoms with Gasteiger partial charge in [0.1, 0.15) is 0 Å². The lowest BCUT2D eigenvalue weighted by Gasteiger charge is -2.23. The minimum Gasteiger partial charge on any atom is -0.371 e. The van der Waals surface area contributed by atoms with Crippen molar-refractivity contribution in [3.63, 3.8) is 0 Å². The molecule has 86 valence electrons. The predicted molar refractivity (Wildman–Crippen MR) is 57.6 cm³/mol. The van der Waals surface area contributed by atoms with E-state index in [2.05, 4.69) is 12.2 Å². The van der Waals surface area contributed by atoms with Gasteiger partial charge < -0.3 is 15.0 Å². The van der Waals surface area contributed by atoms with Crippen molar-refractivity contribution in [3.05, 3.63) is 0 Å². The molecule has 15 heavy (non-hydrogen) atoms. The van der Waals surface area contributed by atoms with Gasteiger partial charge in [-0.25, -0.2) is 0 Å². The molecular weight excluding hydrogens is 192 g/mol. The first-order valence-corrected chi connectivity index (χ1v) is 5.78. The third-order valence-electron chi connectivity index (χ3n) is 3.31. The topological polar surface area (TPSA) is 44.9 Å². The average molecular weight is 212 g/mol. The number of hydrogen-bond acceptors (Lipinski definition) is 3. The molecule has 2 heterocycles. The minimum atomic E-state index is 0.00116. The number of nitrogens with zero attached hydrogens (tertiary/aromatic N) is 1. The predicted octanol–water partition coefficient (Wildman–Crippen LogP) is 0.232. The molecule has 0 spiro atoms. The summed E-state index contributed by atoms with van der Waals surface area (Å²) in [4.78, 5) is 14.1. The second-order valence-electron chi connectivity index (χ2n) is 4.71. The number of epoxide rings is 1. The highest BCUT2D eigenvalue weighted by Gasteiger charge is 2.33. The van der Waals surface area contributed by atoms with E-state index in [-0.39, 0.29) is 11.9 Å². The molecule has 0 radical (unpaired) electrons. The van der Waals surface area contributed by atoms with Gasteiger partial charge >= 0.3 is 0 Å². The molecular formula is C11H20N2O2. The number of carbonyl (C=O) groups is 1. The number of amides is 1. The highest BCUT2D eigenvalue weighted by molar-refractivity contribution is 5.82. The standard InChI is InChI=1S/C11H20N2O2/c1-8-3-4-13(6-9-7-15-9)11(14)10(5-8)12-2/h8-10,12H,3-7H2,1-2H3. The third kappa shape index (κ3) is 2.69. The Bertz CT molecular complexity index is 241. The van der Waals surface area contributed by atoms with Crippen LogP contribution in [0.1, 0.15) is 19.8 Å². The van der Waals surface area contributed by atoms with Crippen LogP contribution in [0.5, 0.6) is 0 Å². The Balaban J connectivity index is 1.98. The van der Waals surface area contributed by atoms with Crippen molar-refractivity contribution in [2.75, 3.05) is 26.7 Å². The lowest BCUT2D eigenvalue weighted by Crippen LogP contribution is -2.45. The van der Waals surface area contributed by atoms with Gasteiger partial charge in [0.25, 0.3) is 0 Å². The third-order valence-corrected chi connectivity index (χ3v) is 3.31. The van der Waals surface area contributed by atoms with E-state index in [1.54, 1.807) is 0 Å². The van der Waals surface area contributed by atoms with E-state index in [1.807, 2.05) is 11.9 Å². The lowest BCUT2D eigenvalue weighted by atomic mass is 10.0. The molecule has 0 aromatic carbocycles. The van der Waals surface area contributed by atoms with E-state index in [0.29, 0.717) is 12.0 Å². The Morgan fingerprint density at radius 1 is 1.60 bits per heavy atom. The van der Waals surface area contributed by atoms with Crippen molar-refractivity contribution in [3.8, 4) is 0 Å². The molecule has 0 aromatic rings. The van der Waals surface area contributed by atoms with Crippen molar-refractivity contribution in [1.82, 2.24) is 10.2 Å². The van der Waals surface area contributed by atoms with Gasteiger partial charge in [-0.15, -0.1) is 0 Å². The summed E-state index contributed by atoms with van der Waals surface area (Å²) >= 11 is 0. The Hall–Kier alpha value is -0.610. The SMILES string of the molecule is CNC1CC(C)CCN(CC2CO2)C1=O. The van der Waals surface area contributed by atoms with Crippen LogP contribution >= 0.6 is 0 Å². The molecule has 1 amide bonds. The molecule has 0 aliphatic carbocycles. The number of rotatable bonds is 3. The number of nitrogens with one attached hydrogen (secondary N) is 1. The van der Waals surface area contributed by atoms with Crippen LogP contribution in [0.15, 0.2) is 0 Å². The summed E-state index contributed by atoms with van der Waals surface area (Å²) in [6.45, 7) is 4.71. The Labute approximate surface area is 91.0 Å². The molecule has 4 heteroatoms. The maximum atomic E-state index is 12.1. The van der Waals surface area contributed by atoms with Crippen LogP contribution in [0.25, 0.3) is 0 Å². The molecule has 0 saturated carbocycles. The van der Waals surface area contributed by atoms with Gasteiger partial charge in [-0.2, -0.15) is 0 Å². The van der Waals surface area contributed by atoms with Crippen LogP contribution in [0.3, 0.4) is 0 Å². The van der Waals surface area contributed by atoms with Crippen molar-refractivity contribution < 1.29 is 9.53 Å². The molecule has 2 saturated heterocycles. The largest absolute Gasteiger partial charge is 0.371 e. The van der Waals surface area contributed by atoms with E-state index in [4.69, 9.17) is 4.74 Å². The van der Waals surface area contributed by atoms with Crippen LogP contribution in [0.2, 0.25) is 0 Å². The first kappa shape index (κ1) is 10.9. The highest BCUT2D eigenvalue weighted by atomic mass is 16.6. The Kier molecular flexibility index (Phi) is 3.26. The Morgan fingerprint density at radius 3 is 2.93 bits per heavy atom. The van der Waals surface area contributed by atoms with E-state index < -0.39 is 0 Å². The molecule has 2 fully saturated rings.